The summed E-state index contributed by atoms with van der Waals surface area (Å²) >= 11 is 0. The minimum atomic E-state index is -0.499. The molecule has 0 unspecified atom stereocenters. The first kappa shape index (κ1) is 12.9. The summed E-state index contributed by atoms with van der Waals surface area (Å²) in [7, 11) is 1.52. The van der Waals surface area contributed by atoms with Gasteiger partial charge in [0.25, 0.3) is 5.91 Å². The molecule has 2 aromatic rings. The number of carbonyl (C=O) groups is 1. The van der Waals surface area contributed by atoms with Gasteiger partial charge in [-0.1, -0.05) is 6.07 Å². The number of hydrogen-bond donors (Lipinski definition) is 2. The third-order valence-electron chi connectivity index (χ3n) is 2.51. The highest BCUT2D eigenvalue weighted by Crippen LogP contribution is 2.18. The molecule has 0 bridgehead atoms. The molecule has 0 aromatic heterocycles. The molecule has 2 rings (SSSR count). The summed E-state index contributed by atoms with van der Waals surface area (Å²) in [4.78, 5) is 12.0. The van der Waals surface area contributed by atoms with E-state index in [0.717, 1.165) is 0 Å². The Hall–Kier alpha value is -2.56. The maximum absolute atomic E-state index is 13.1. The fraction of sp³-hybridized carbons (Fsp3) is 0.0714. The van der Waals surface area contributed by atoms with Crippen LogP contribution in [0.25, 0.3) is 0 Å². The molecule has 3 N–H and O–H groups in total. The minimum absolute atomic E-state index is 0.251. The SMILES string of the molecule is COc1cccc(C(=O)Nc2cc(N)cc(F)c2)c1. The Morgan fingerprint density at radius 1 is 1.26 bits per heavy atom. The van der Waals surface area contributed by atoms with E-state index in [0.29, 0.717) is 17.0 Å². The molecule has 1 amide bonds. The van der Waals surface area contributed by atoms with Crippen molar-refractivity contribution in [2.24, 2.45) is 0 Å². The number of methoxy groups -OCH3 is 1. The molecule has 4 nitrogen and oxygen atoms in total. The predicted molar refractivity (Wildman–Crippen MR) is 71.8 cm³/mol. The van der Waals surface area contributed by atoms with E-state index in [9.17, 15) is 9.18 Å². The summed E-state index contributed by atoms with van der Waals surface area (Å²) in [5.41, 5.74) is 6.49. The lowest BCUT2D eigenvalue weighted by Gasteiger charge is -2.07. The second-order valence-electron chi connectivity index (χ2n) is 3.96. The molecule has 2 aromatic carbocycles. The topological polar surface area (TPSA) is 64.3 Å². The van der Waals surface area contributed by atoms with Crippen molar-refractivity contribution in [1.82, 2.24) is 0 Å². The van der Waals surface area contributed by atoms with Crippen molar-refractivity contribution in [3.8, 4) is 5.75 Å². The van der Waals surface area contributed by atoms with Crippen LogP contribution >= 0.6 is 0 Å². The number of nitrogen functional groups attached to an aromatic ring is 1. The number of halogens is 1. The van der Waals surface area contributed by atoms with E-state index >= 15 is 0 Å². The molecular formula is C14H13FN2O2. The largest absolute Gasteiger partial charge is 0.497 e. The molecule has 19 heavy (non-hydrogen) atoms. The second-order valence-corrected chi connectivity index (χ2v) is 3.96. The van der Waals surface area contributed by atoms with Gasteiger partial charge in [0.15, 0.2) is 0 Å². The maximum atomic E-state index is 13.1. The Bertz CT molecular complexity index is 594. The molecule has 0 aliphatic rings. The molecule has 0 fully saturated rings. The highest BCUT2D eigenvalue weighted by molar-refractivity contribution is 6.04. The van der Waals surface area contributed by atoms with Crippen molar-refractivity contribution in [3.05, 3.63) is 53.8 Å². The van der Waals surface area contributed by atoms with E-state index in [1.807, 2.05) is 0 Å². The first-order chi connectivity index (χ1) is 9.08. The molecule has 0 saturated carbocycles. The van der Waals surface area contributed by atoms with Crippen LogP contribution in [-0.4, -0.2) is 13.0 Å². The third-order valence-corrected chi connectivity index (χ3v) is 2.51. The van der Waals surface area contributed by atoms with Gasteiger partial charge in [0, 0.05) is 16.9 Å². The summed E-state index contributed by atoms with van der Waals surface area (Å²) < 4.78 is 18.2. The maximum Gasteiger partial charge on any atom is 0.255 e. The van der Waals surface area contributed by atoms with Gasteiger partial charge in [0.1, 0.15) is 11.6 Å². The monoisotopic (exact) mass is 260 g/mol. The van der Waals surface area contributed by atoms with E-state index in [1.54, 1.807) is 24.3 Å². The summed E-state index contributed by atoms with van der Waals surface area (Å²) in [6.45, 7) is 0. The Morgan fingerprint density at radius 2 is 2.05 bits per heavy atom. The number of nitrogens with two attached hydrogens (primary N) is 1. The lowest BCUT2D eigenvalue weighted by molar-refractivity contribution is 0.102. The predicted octanol–water partition coefficient (Wildman–Crippen LogP) is 2.67. The highest BCUT2D eigenvalue weighted by Gasteiger charge is 2.08. The number of hydrogen-bond acceptors (Lipinski definition) is 3. The highest BCUT2D eigenvalue weighted by atomic mass is 19.1. The zero-order valence-electron chi connectivity index (χ0n) is 10.3. The van der Waals surface area contributed by atoms with Crippen LogP contribution in [-0.2, 0) is 0 Å². The molecule has 5 heteroatoms. The normalized spacial score (nSPS) is 10.0. The van der Waals surface area contributed by atoms with Crippen LogP contribution < -0.4 is 15.8 Å². The lowest BCUT2D eigenvalue weighted by Crippen LogP contribution is -2.12. The van der Waals surface area contributed by atoms with Crippen molar-refractivity contribution in [3.63, 3.8) is 0 Å². The number of carbonyl (C=O) groups excluding carboxylic acids is 1. The summed E-state index contributed by atoms with van der Waals surface area (Å²) in [5.74, 6) is -0.281. The van der Waals surface area contributed by atoms with Crippen LogP contribution in [0.4, 0.5) is 15.8 Å². The van der Waals surface area contributed by atoms with Crippen molar-refractivity contribution in [2.45, 2.75) is 0 Å². The van der Waals surface area contributed by atoms with Gasteiger partial charge in [-0.25, -0.2) is 4.39 Å². The van der Waals surface area contributed by atoms with Crippen molar-refractivity contribution < 1.29 is 13.9 Å². The molecule has 0 saturated heterocycles. The number of amides is 1. The molecule has 0 heterocycles. The quantitative estimate of drug-likeness (QED) is 0.834. The first-order valence-electron chi connectivity index (χ1n) is 5.60. The molecular weight excluding hydrogens is 247 g/mol. The number of ether oxygens (including phenoxy) is 1. The van der Waals surface area contributed by atoms with Crippen LogP contribution in [0.1, 0.15) is 10.4 Å². The lowest BCUT2D eigenvalue weighted by atomic mass is 10.2. The number of benzene rings is 2. The zero-order valence-corrected chi connectivity index (χ0v) is 10.3. The average molecular weight is 260 g/mol. The van der Waals surface area contributed by atoms with Gasteiger partial charge in [0.05, 0.1) is 7.11 Å². The van der Waals surface area contributed by atoms with Crippen LogP contribution in [0.5, 0.6) is 5.75 Å². The number of anilines is 2. The number of rotatable bonds is 3. The van der Waals surface area contributed by atoms with Crippen LogP contribution in [0.2, 0.25) is 0 Å². The third kappa shape index (κ3) is 3.22. The molecule has 0 spiro atoms. The molecule has 0 aliphatic carbocycles. The van der Waals surface area contributed by atoms with Gasteiger partial charge in [-0.05, 0) is 36.4 Å². The van der Waals surface area contributed by atoms with Crippen LogP contribution in [0.15, 0.2) is 42.5 Å². The van der Waals surface area contributed by atoms with E-state index < -0.39 is 5.82 Å². The van der Waals surface area contributed by atoms with E-state index in [1.165, 1.54) is 25.3 Å². The van der Waals surface area contributed by atoms with Gasteiger partial charge < -0.3 is 15.8 Å². The fourth-order valence-corrected chi connectivity index (χ4v) is 1.65. The Kier molecular flexibility index (Phi) is 3.66. The van der Waals surface area contributed by atoms with Gasteiger partial charge >= 0.3 is 0 Å². The average Bonchev–Trinajstić information content (AvgIpc) is 2.37. The molecule has 0 aliphatic heterocycles. The molecule has 0 atom stereocenters. The van der Waals surface area contributed by atoms with E-state index in [4.69, 9.17) is 10.5 Å². The van der Waals surface area contributed by atoms with Crippen molar-refractivity contribution >= 4 is 17.3 Å². The van der Waals surface area contributed by atoms with Crippen LogP contribution in [0, 0.1) is 5.82 Å². The Balaban J connectivity index is 2.20. The Morgan fingerprint density at radius 3 is 2.74 bits per heavy atom. The molecule has 98 valence electrons. The summed E-state index contributed by atoms with van der Waals surface area (Å²) in [6, 6.07) is 10.5. The summed E-state index contributed by atoms with van der Waals surface area (Å²) in [6.07, 6.45) is 0. The molecule has 0 radical (unpaired) electrons. The van der Waals surface area contributed by atoms with Crippen molar-refractivity contribution in [1.29, 1.82) is 0 Å². The fourth-order valence-electron chi connectivity index (χ4n) is 1.65. The van der Waals surface area contributed by atoms with Crippen molar-refractivity contribution in [2.75, 3.05) is 18.2 Å². The van der Waals surface area contributed by atoms with Gasteiger partial charge in [-0.15, -0.1) is 0 Å². The van der Waals surface area contributed by atoms with E-state index in [-0.39, 0.29) is 11.6 Å². The van der Waals surface area contributed by atoms with E-state index in [2.05, 4.69) is 5.32 Å². The zero-order chi connectivity index (χ0) is 13.8. The standard InChI is InChI=1S/C14H13FN2O2/c1-19-13-4-2-3-9(5-13)14(18)17-12-7-10(15)6-11(16)8-12/h2-8H,16H2,1H3,(H,17,18). The minimum Gasteiger partial charge on any atom is -0.497 e. The smallest absolute Gasteiger partial charge is 0.255 e. The van der Waals surface area contributed by atoms with Crippen LogP contribution in [0.3, 0.4) is 0 Å². The summed E-state index contributed by atoms with van der Waals surface area (Å²) in [5, 5.41) is 2.58. The number of nitrogens with one attached hydrogen (secondary N) is 1. The Labute approximate surface area is 110 Å². The van der Waals surface area contributed by atoms with Gasteiger partial charge in [0.2, 0.25) is 0 Å². The van der Waals surface area contributed by atoms with Gasteiger partial charge in [-0.2, -0.15) is 0 Å². The van der Waals surface area contributed by atoms with Gasteiger partial charge in [-0.3, -0.25) is 4.79 Å². The second kappa shape index (κ2) is 5.39. The first-order valence-corrected chi connectivity index (χ1v) is 5.60.